The number of pyridine rings is 4. The number of hydrogen-bond donors (Lipinski definition) is 6. The fraction of sp³-hybridized carbons (Fsp3) is 0.250. The number of anilines is 4. The minimum Gasteiger partial charge on any atom is -0.355 e. The summed E-state index contributed by atoms with van der Waals surface area (Å²) in [5.74, 6) is 1.31. The van der Waals surface area contributed by atoms with Crippen LogP contribution in [0.25, 0.3) is 32.9 Å². The van der Waals surface area contributed by atoms with E-state index in [9.17, 15) is 9.59 Å². The average Bonchev–Trinajstić information content (AvgIpc) is 3.13. The first-order chi connectivity index (χ1) is 25.3. The molecule has 0 saturated heterocycles. The summed E-state index contributed by atoms with van der Waals surface area (Å²) >= 11 is 0. The minimum absolute atomic E-state index is 0.0343. The third-order valence-corrected chi connectivity index (χ3v) is 8.79. The van der Waals surface area contributed by atoms with Gasteiger partial charge < -0.3 is 31.9 Å². The molecule has 4 aromatic heterocycles. The van der Waals surface area contributed by atoms with E-state index in [1.54, 1.807) is 12.4 Å². The molecule has 0 bridgehead atoms. The summed E-state index contributed by atoms with van der Waals surface area (Å²) in [6.07, 6.45) is 7.31. The van der Waals surface area contributed by atoms with Crippen molar-refractivity contribution < 1.29 is 9.59 Å². The fourth-order valence-corrected chi connectivity index (χ4v) is 6.09. The van der Waals surface area contributed by atoms with Gasteiger partial charge in [-0.3, -0.25) is 19.6 Å². The van der Waals surface area contributed by atoms with Crippen LogP contribution in [0.15, 0.2) is 85.5 Å². The number of fused-ring (bicyclic) bond motifs is 2. The molecule has 4 heterocycles. The van der Waals surface area contributed by atoms with Gasteiger partial charge in [-0.2, -0.15) is 0 Å². The number of nitrogens with one attached hydrogen (secondary N) is 6. The van der Waals surface area contributed by atoms with Gasteiger partial charge in [0.2, 0.25) is 11.8 Å². The lowest BCUT2D eigenvalue weighted by atomic mass is 9.94. The molecule has 266 valence electrons. The highest BCUT2D eigenvalue weighted by Gasteiger charge is 2.14. The van der Waals surface area contributed by atoms with Gasteiger partial charge in [0, 0.05) is 100 Å². The zero-order valence-corrected chi connectivity index (χ0v) is 29.9. The first-order valence-corrected chi connectivity index (χ1v) is 17.4. The fourth-order valence-electron chi connectivity index (χ4n) is 6.09. The molecule has 12 nitrogen and oxygen atoms in total. The summed E-state index contributed by atoms with van der Waals surface area (Å²) in [6.45, 7) is 11.1. The van der Waals surface area contributed by atoms with Crippen LogP contribution in [0.3, 0.4) is 0 Å². The van der Waals surface area contributed by atoms with Crippen molar-refractivity contribution >= 4 is 56.6 Å². The first kappa shape index (κ1) is 35.8. The minimum atomic E-state index is -0.0343. The van der Waals surface area contributed by atoms with Gasteiger partial charge in [-0.15, -0.1) is 0 Å². The Labute approximate surface area is 303 Å². The summed E-state index contributed by atoms with van der Waals surface area (Å²) in [6, 6.07) is 20.6. The number of carbonyl (C=O) groups excluding carboxylic acids is 2. The molecule has 2 amide bonds. The van der Waals surface area contributed by atoms with E-state index in [1.165, 1.54) is 13.8 Å². The van der Waals surface area contributed by atoms with Crippen LogP contribution in [-0.4, -0.2) is 57.9 Å². The average molecular weight is 697 g/mol. The van der Waals surface area contributed by atoms with Crippen LogP contribution in [-0.2, 0) is 22.7 Å². The van der Waals surface area contributed by atoms with Crippen LogP contribution in [0.1, 0.15) is 36.1 Å². The van der Waals surface area contributed by atoms with Gasteiger partial charge in [-0.1, -0.05) is 24.3 Å². The highest BCUT2D eigenvalue weighted by molar-refractivity contribution is 5.92. The topological polar surface area (TPSA) is 158 Å². The van der Waals surface area contributed by atoms with E-state index in [2.05, 4.69) is 104 Å². The second kappa shape index (κ2) is 16.8. The van der Waals surface area contributed by atoms with Gasteiger partial charge in [0.25, 0.3) is 0 Å². The Morgan fingerprint density at radius 3 is 1.44 bits per heavy atom. The van der Waals surface area contributed by atoms with Crippen molar-refractivity contribution in [2.45, 2.75) is 40.8 Å². The number of aromatic nitrogens is 4. The van der Waals surface area contributed by atoms with Gasteiger partial charge in [0.05, 0.1) is 0 Å². The molecule has 0 spiro atoms. The number of hydrogen-bond acceptors (Lipinski definition) is 10. The molecule has 2 aromatic carbocycles. The maximum Gasteiger partial charge on any atom is 0.216 e. The van der Waals surface area contributed by atoms with E-state index in [0.717, 1.165) is 66.6 Å². The Morgan fingerprint density at radius 1 is 0.577 bits per heavy atom. The smallest absolute Gasteiger partial charge is 0.216 e. The van der Waals surface area contributed by atoms with Crippen molar-refractivity contribution in [3.8, 4) is 11.1 Å². The van der Waals surface area contributed by atoms with Gasteiger partial charge in [0.15, 0.2) is 11.6 Å². The van der Waals surface area contributed by atoms with Gasteiger partial charge in [0.1, 0.15) is 11.0 Å². The van der Waals surface area contributed by atoms with Gasteiger partial charge in [-0.05, 0) is 83.6 Å². The lowest BCUT2D eigenvalue weighted by molar-refractivity contribution is -0.119. The summed E-state index contributed by atoms with van der Waals surface area (Å²) in [7, 11) is 0. The number of nitrogens with zero attached hydrogens (tertiary/aromatic N) is 4. The number of amides is 2. The normalized spacial score (nSPS) is 11.1. The van der Waals surface area contributed by atoms with E-state index in [1.807, 2.05) is 24.5 Å². The van der Waals surface area contributed by atoms with Crippen LogP contribution in [0.2, 0.25) is 0 Å². The third kappa shape index (κ3) is 8.84. The second-order valence-electron chi connectivity index (χ2n) is 12.7. The Morgan fingerprint density at radius 2 is 1.02 bits per heavy atom. The molecule has 6 N–H and O–H groups in total. The summed E-state index contributed by atoms with van der Waals surface area (Å²) in [4.78, 5) is 41.0. The molecule has 0 aliphatic heterocycles. The zero-order chi connectivity index (χ0) is 36.5. The van der Waals surface area contributed by atoms with E-state index in [0.29, 0.717) is 50.9 Å². The number of rotatable bonds is 15. The Hall–Kier alpha value is -5.98. The molecule has 0 fully saturated rings. The summed E-state index contributed by atoms with van der Waals surface area (Å²) < 4.78 is 0. The van der Waals surface area contributed by atoms with Crippen LogP contribution in [0.4, 0.5) is 23.0 Å². The molecular formula is C40H44N10O2. The van der Waals surface area contributed by atoms with Crippen molar-refractivity contribution in [1.82, 2.24) is 41.2 Å². The molecule has 52 heavy (non-hydrogen) atoms. The third-order valence-electron chi connectivity index (χ3n) is 8.79. The maximum atomic E-state index is 11.1. The molecule has 0 aliphatic rings. The van der Waals surface area contributed by atoms with Crippen molar-refractivity contribution in [2.24, 2.45) is 0 Å². The predicted molar refractivity (Wildman–Crippen MR) is 208 cm³/mol. The standard InChI is InChI=1S/C40H44N10O2/c1-25-33(7-5-9-35(25)49-39-37-31(11-13-45-39)19-29(23-47-37)21-41-15-17-43-27(3)51)34-8-6-10-36(26(34)2)50-40-38-32(12-14-46-40)20-30(24-48-38)22-42-16-18-44-28(4)52/h5-14,19-20,23-24,41-42H,15-18,21-22H2,1-4H3,(H,43,51)(H,44,52)(H,45,49)(H,46,50). The highest BCUT2D eigenvalue weighted by atomic mass is 16.2. The van der Waals surface area contributed by atoms with Crippen LogP contribution in [0.5, 0.6) is 0 Å². The van der Waals surface area contributed by atoms with E-state index in [-0.39, 0.29) is 11.8 Å². The maximum absolute atomic E-state index is 11.1. The molecule has 0 aliphatic carbocycles. The van der Waals surface area contributed by atoms with Gasteiger partial charge in [-0.25, -0.2) is 9.97 Å². The molecule has 0 atom stereocenters. The Balaban J connectivity index is 1.18. The van der Waals surface area contributed by atoms with E-state index < -0.39 is 0 Å². The lowest BCUT2D eigenvalue weighted by Crippen LogP contribution is -2.29. The molecule has 0 saturated carbocycles. The Bertz CT molecular complexity index is 2060. The second-order valence-corrected chi connectivity index (χ2v) is 12.7. The van der Waals surface area contributed by atoms with Crippen molar-refractivity contribution in [3.05, 3.63) is 108 Å². The molecule has 12 heteroatoms. The lowest BCUT2D eigenvalue weighted by Gasteiger charge is -2.18. The van der Waals surface area contributed by atoms with Gasteiger partial charge >= 0.3 is 0 Å². The molecular weight excluding hydrogens is 653 g/mol. The monoisotopic (exact) mass is 696 g/mol. The first-order valence-electron chi connectivity index (χ1n) is 17.4. The number of benzene rings is 2. The van der Waals surface area contributed by atoms with Crippen LogP contribution < -0.4 is 31.9 Å². The highest BCUT2D eigenvalue weighted by Crippen LogP contribution is 2.36. The van der Waals surface area contributed by atoms with Crippen LogP contribution in [0, 0.1) is 13.8 Å². The number of carbonyl (C=O) groups is 2. The molecule has 0 radical (unpaired) electrons. The van der Waals surface area contributed by atoms with E-state index >= 15 is 0 Å². The Kier molecular flexibility index (Phi) is 11.6. The zero-order valence-electron chi connectivity index (χ0n) is 29.9. The quantitative estimate of drug-likeness (QED) is 0.0726. The summed E-state index contributed by atoms with van der Waals surface area (Å²) in [5.41, 5.74) is 9.96. The molecule has 6 aromatic rings. The van der Waals surface area contributed by atoms with E-state index in [4.69, 9.17) is 9.97 Å². The SMILES string of the molecule is CC(=O)NCCNCc1cnc2c(Nc3cccc(-c4cccc(Nc5nccc6cc(CNCCNC(C)=O)cnc56)c4C)c3C)nccc2c1. The van der Waals surface area contributed by atoms with Crippen molar-refractivity contribution in [2.75, 3.05) is 36.8 Å². The molecule has 6 rings (SSSR count). The van der Waals surface area contributed by atoms with Crippen molar-refractivity contribution in [1.29, 1.82) is 0 Å². The van der Waals surface area contributed by atoms with Crippen LogP contribution >= 0.6 is 0 Å². The largest absolute Gasteiger partial charge is 0.355 e. The molecule has 0 unspecified atom stereocenters. The summed E-state index contributed by atoms with van der Waals surface area (Å²) in [5, 5.41) is 21.4. The van der Waals surface area contributed by atoms with Crippen molar-refractivity contribution in [3.63, 3.8) is 0 Å². The predicted octanol–water partition coefficient (Wildman–Crippen LogP) is 5.80.